The zero-order valence-electron chi connectivity index (χ0n) is 20.0. The Hall–Kier alpha value is -2.73. The highest BCUT2D eigenvalue weighted by atomic mass is 32.1. The second-order valence-corrected chi connectivity index (χ2v) is 9.71. The summed E-state index contributed by atoms with van der Waals surface area (Å²) in [7, 11) is 0. The largest absolute Gasteiger partial charge is 0.447 e. The van der Waals surface area contributed by atoms with Crippen molar-refractivity contribution in [3.63, 3.8) is 0 Å². The average Bonchev–Trinajstić information content (AvgIpc) is 3.48. The van der Waals surface area contributed by atoms with E-state index < -0.39 is 11.7 Å². The number of thiophene rings is 1. The van der Waals surface area contributed by atoms with Crippen molar-refractivity contribution in [2.75, 3.05) is 39.4 Å². The highest BCUT2D eigenvalue weighted by Crippen LogP contribution is 2.30. The second kappa shape index (κ2) is 12.0. The molecular weight excluding hydrogens is 493 g/mol. The number of carbonyl (C=O) groups excluding carboxylic acids is 1. The fraction of sp³-hybridized carbons (Fsp3) is 0.440. The summed E-state index contributed by atoms with van der Waals surface area (Å²) in [6.45, 7) is 7.32. The summed E-state index contributed by atoms with van der Waals surface area (Å²) in [6, 6.07) is 7.32. The maximum atomic E-state index is 13.2. The lowest BCUT2D eigenvalue weighted by Crippen LogP contribution is -2.41. The second-order valence-electron chi connectivity index (χ2n) is 8.71. The van der Waals surface area contributed by atoms with Gasteiger partial charge >= 0.3 is 6.18 Å². The van der Waals surface area contributed by atoms with Gasteiger partial charge in [-0.2, -0.15) is 13.2 Å². The van der Waals surface area contributed by atoms with Gasteiger partial charge in [0.15, 0.2) is 5.69 Å². The number of halogens is 3. The van der Waals surface area contributed by atoms with Gasteiger partial charge in [0.1, 0.15) is 6.26 Å². The number of nitrogens with zero attached hydrogens (tertiary/aromatic N) is 3. The predicted octanol–water partition coefficient (Wildman–Crippen LogP) is 4.33. The molecule has 1 aromatic carbocycles. The van der Waals surface area contributed by atoms with Gasteiger partial charge in [-0.3, -0.25) is 14.6 Å². The van der Waals surface area contributed by atoms with E-state index in [1.807, 2.05) is 23.3 Å². The summed E-state index contributed by atoms with van der Waals surface area (Å²) in [5.74, 6) is 0.00584. The summed E-state index contributed by atoms with van der Waals surface area (Å²) in [5, 5.41) is 4.84. The minimum Gasteiger partial charge on any atom is -0.447 e. The highest BCUT2D eigenvalue weighted by molar-refractivity contribution is 7.10. The lowest BCUT2D eigenvalue weighted by molar-refractivity contribution is -0.137. The van der Waals surface area contributed by atoms with E-state index in [1.165, 1.54) is 12.3 Å². The number of aromatic nitrogens is 1. The number of nitrogens with one attached hydrogen (secondary N) is 1. The van der Waals surface area contributed by atoms with Gasteiger partial charge in [-0.15, -0.1) is 11.3 Å². The van der Waals surface area contributed by atoms with Gasteiger partial charge in [-0.05, 0) is 35.6 Å². The molecule has 0 unspecified atom stereocenters. The number of amides is 1. The molecule has 1 amide bonds. The fourth-order valence-electron chi connectivity index (χ4n) is 3.96. The molecule has 1 N–H and O–H groups in total. The number of alkyl halides is 3. The molecule has 1 fully saturated rings. The zero-order chi connectivity index (χ0) is 25.5. The fourth-order valence-corrected chi connectivity index (χ4v) is 4.91. The summed E-state index contributed by atoms with van der Waals surface area (Å²) >= 11 is 1.59. The highest BCUT2D eigenvalue weighted by Gasteiger charge is 2.30. The van der Waals surface area contributed by atoms with Crippen molar-refractivity contribution >= 4 is 17.2 Å². The SMILES string of the molecule is Cc1ccsc1CN(Cc1cccc(C(F)(F)F)c1)Cc1nc(C(=O)NCCN2CCOCC2)co1. The molecule has 1 aliphatic heterocycles. The van der Waals surface area contributed by atoms with Crippen LogP contribution in [0.25, 0.3) is 0 Å². The molecule has 0 aliphatic carbocycles. The van der Waals surface area contributed by atoms with Crippen molar-refractivity contribution in [2.24, 2.45) is 0 Å². The van der Waals surface area contributed by atoms with Gasteiger partial charge in [0, 0.05) is 44.1 Å². The molecule has 0 radical (unpaired) electrons. The molecule has 2 aromatic heterocycles. The van der Waals surface area contributed by atoms with Crippen molar-refractivity contribution in [1.82, 2.24) is 20.1 Å². The van der Waals surface area contributed by atoms with Gasteiger partial charge in [0.2, 0.25) is 5.89 Å². The van der Waals surface area contributed by atoms with E-state index in [4.69, 9.17) is 9.15 Å². The Morgan fingerprint density at radius 1 is 1.19 bits per heavy atom. The number of morpholine rings is 1. The van der Waals surface area contributed by atoms with Crippen LogP contribution < -0.4 is 5.32 Å². The summed E-state index contributed by atoms with van der Waals surface area (Å²) in [4.78, 5) is 22.1. The lowest BCUT2D eigenvalue weighted by atomic mass is 10.1. The average molecular weight is 523 g/mol. The Balaban J connectivity index is 1.40. The monoisotopic (exact) mass is 522 g/mol. The number of hydrogen-bond donors (Lipinski definition) is 1. The molecule has 0 atom stereocenters. The molecule has 194 valence electrons. The molecule has 11 heteroatoms. The van der Waals surface area contributed by atoms with Crippen LogP contribution in [-0.4, -0.2) is 60.1 Å². The van der Waals surface area contributed by atoms with Crippen molar-refractivity contribution in [3.05, 3.63) is 75.1 Å². The number of rotatable bonds is 10. The standard InChI is InChI=1S/C25H29F3N4O3S/c1-18-5-12-36-22(18)15-32(14-19-3-2-4-20(13-19)25(26,27)28)16-23-30-21(17-35-23)24(33)29-6-7-31-8-10-34-11-9-31/h2-5,12-13,17H,6-11,14-16H2,1H3,(H,29,33). The Kier molecular flexibility index (Phi) is 8.78. The van der Waals surface area contributed by atoms with Crippen LogP contribution in [0, 0.1) is 6.92 Å². The van der Waals surface area contributed by atoms with Gasteiger partial charge in [0.25, 0.3) is 5.91 Å². The predicted molar refractivity (Wildman–Crippen MR) is 130 cm³/mol. The van der Waals surface area contributed by atoms with Crippen molar-refractivity contribution in [2.45, 2.75) is 32.7 Å². The maximum absolute atomic E-state index is 13.2. The smallest absolute Gasteiger partial charge is 0.416 e. The molecule has 0 saturated carbocycles. The molecule has 3 heterocycles. The topological polar surface area (TPSA) is 70.8 Å². The van der Waals surface area contributed by atoms with Crippen LogP contribution in [0.5, 0.6) is 0 Å². The van der Waals surface area contributed by atoms with Gasteiger partial charge in [-0.1, -0.05) is 18.2 Å². The normalized spacial score (nSPS) is 14.9. The Morgan fingerprint density at radius 2 is 2.00 bits per heavy atom. The molecular formula is C25H29F3N4O3S. The van der Waals surface area contributed by atoms with E-state index in [2.05, 4.69) is 15.2 Å². The first-order chi connectivity index (χ1) is 17.3. The van der Waals surface area contributed by atoms with E-state index in [0.717, 1.165) is 42.2 Å². The summed E-state index contributed by atoms with van der Waals surface area (Å²) < 4.78 is 50.5. The Labute approximate surface area is 211 Å². The Bertz CT molecular complexity index is 1140. The first-order valence-corrected chi connectivity index (χ1v) is 12.6. The van der Waals surface area contributed by atoms with Crippen LogP contribution in [0.3, 0.4) is 0 Å². The van der Waals surface area contributed by atoms with Gasteiger partial charge in [0.05, 0.1) is 25.3 Å². The first-order valence-electron chi connectivity index (χ1n) is 11.7. The Morgan fingerprint density at radius 3 is 2.72 bits per heavy atom. The summed E-state index contributed by atoms with van der Waals surface area (Å²) in [6.07, 6.45) is -3.09. The van der Waals surface area contributed by atoms with E-state index in [0.29, 0.717) is 37.8 Å². The van der Waals surface area contributed by atoms with E-state index in [1.54, 1.807) is 17.4 Å². The van der Waals surface area contributed by atoms with Crippen molar-refractivity contribution in [1.29, 1.82) is 0 Å². The van der Waals surface area contributed by atoms with Crippen LogP contribution in [-0.2, 0) is 30.5 Å². The number of hydrogen-bond acceptors (Lipinski definition) is 7. The van der Waals surface area contributed by atoms with Crippen molar-refractivity contribution < 1.29 is 27.1 Å². The molecule has 4 rings (SSSR count). The van der Waals surface area contributed by atoms with E-state index in [9.17, 15) is 18.0 Å². The summed E-state index contributed by atoms with van der Waals surface area (Å²) in [5.41, 5.74) is 1.14. The molecule has 36 heavy (non-hydrogen) atoms. The van der Waals surface area contributed by atoms with Crippen LogP contribution in [0.4, 0.5) is 13.2 Å². The zero-order valence-corrected chi connectivity index (χ0v) is 20.8. The molecule has 3 aromatic rings. The van der Waals surface area contributed by atoms with E-state index in [-0.39, 0.29) is 24.7 Å². The molecule has 1 aliphatic rings. The molecule has 1 saturated heterocycles. The van der Waals surface area contributed by atoms with Gasteiger partial charge < -0.3 is 14.5 Å². The molecule has 0 bridgehead atoms. The quantitative estimate of drug-likeness (QED) is 0.428. The molecule has 7 nitrogen and oxygen atoms in total. The number of carbonyl (C=O) groups is 1. The maximum Gasteiger partial charge on any atom is 0.416 e. The number of ether oxygens (including phenoxy) is 1. The number of benzene rings is 1. The van der Waals surface area contributed by atoms with Crippen molar-refractivity contribution in [3.8, 4) is 0 Å². The number of aryl methyl sites for hydroxylation is 1. The number of oxazole rings is 1. The third-order valence-electron chi connectivity index (χ3n) is 5.96. The molecule has 0 spiro atoms. The van der Waals surface area contributed by atoms with Crippen LogP contribution in [0.15, 0.2) is 46.4 Å². The third-order valence-corrected chi connectivity index (χ3v) is 6.96. The van der Waals surface area contributed by atoms with Gasteiger partial charge in [-0.25, -0.2) is 4.98 Å². The van der Waals surface area contributed by atoms with Crippen LogP contribution in [0.1, 0.15) is 37.9 Å². The van der Waals surface area contributed by atoms with Crippen LogP contribution in [0.2, 0.25) is 0 Å². The third kappa shape index (κ3) is 7.39. The minimum atomic E-state index is -4.40. The van der Waals surface area contributed by atoms with Crippen LogP contribution >= 0.6 is 11.3 Å². The lowest BCUT2D eigenvalue weighted by Gasteiger charge is -2.26. The first kappa shape index (κ1) is 26.3. The van der Waals surface area contributed by atoms with E-state index >= 15 is 0 Å². The minimum absolute atomic E-state index is 0.179.